The van der Waals surface area contributed by atoms with Gasteiger partial charge in [-0.05, 0) is 44.8 Å². The Balaban J connectivity index is 3.30. The number of ether oxygens (including phenoxy) is 1. The quantitative estimate of drug-likeness (QED) is 0.475. The van der Waals surface area contributed by atoms with Gasteiger partial charge in [0.15, 0.2) is 0 Å². The van der Waals surface area contributed by atoms with E-state index >= 15 is 0 Å². The van der Waals surface area contributed by atoms with Crippen LogP contribution in [0.25, 0.3) is 0 Å². The van der Waals surface area contributed by atoms with Crippen molar-refractivity contribution in [3.63, 3.8) is 0 Å². The summed E-state index contributed by atoms with van der Waals surface area (Å²) in [7, 11) is 0. The normalized spacial score (nSPS) is 9.94. The summed E-state index contributed by atoms with van der Waals surface area (Å²) < 4.78 is 5.80. The molecule has 16 heavy (non-hydrogen) atoms. The lowest BCUT2D eigenvalue weighted by Crippen LogP contribution is -2.08. The van der Waals surface area contributed by atoms with Crippen molar-refractivity contribution < 1.29 is 14.5 Å². The van der Waals surface area contributed by atoms with Gasteiger partial charge < -0.3 is 4.74 Å². The van der Waals surface area contributed by atoms with Crippen LogP contribution in [0.3, 0.4) is 0 Å². The van der Waals surface area contributed by atoms with Crippen molar-refractivity contribution in [2.75, 3.05) is 6.61 Å². The lowest BCUT2D eigenvalue weighted by Gasteiger charge is -2.04. The Kier molecular flexibility index (Phi) is 4.43. The van der Waals surface area contributed by atoms with Crippen LogP contribution in [0.15, 0.2) is 21.1 Å². The van der Waals surface area contributed by atoms with E-state index in [0.29, 0.717) is 8.95 Å². The first kappa shape index (κ1) is 13.1. The number of benzene rings is 1. The number of hydrogen-bond acceptors (Lipinski definition) is 4. The number of carbonyl (C=O) groups is 1. The van der Waals surface area contributed by atoms with Crippen LogP contribution in [0.4, 0.5) is 5.69 Å². The number of carbonyl (C=O) groups excluding carboxylic acids is 1. The van der Waals surface area contributed by atoms with Crippen molar-refractivity contribution in [2.24, 2.45) is 0 Å². The third-order valence-electron chi connectivity index (χ3n) is 1.73. The third kappa shape index (κ3) is 2.79. The second-order valence-corrected chi connectivity index (χ2v) is 4.47. The van der Waals surface area contributed by atoms with E-state index in [2.05, 4.69) is 31.9 Å². The molecule has 0 unspecified atom stereocenters. The second-order valence-electron chi connectivity index (χ2n) is 2.76. The van der Waals surface area contributed by atoms with Gasteiger partial charge in [0, 0.05) is 15.0 Å². The molecule has 1 aromatic rings. The van der Waals surface area contributed by atoms with E-state index in [0.717, 1.165) is 0 Å². The number of halogens is 2. The fourth-order valence-electron chi connectivity index (χ4n) is 1.06. The van der Waals surface area contributed by atoms with Gasteiger partial charge in [0.2, 0.25) is 0 Å². The van der Waals surface area contributed by atoms with Crippen molar-refractivity contribution in [3.05, 3.63) is 36.8 Å². The summed E-state index contributed by atoms with van der Waals surface area (Å²) in [6.07, 6.45) is 0. The number of esters is 1. The average molecular weight is 353 g/mol. The SMILES string of the molecule is CCOC(=O)c1cc(Br)c(Br)cc1[N+](=O)[O-]. The Hall–Kier alpha value is -0.950. The summed E-state index contributed by atoms with van der Waals surface area (Å²) in [6, 6.07) is 2.62. The predicted molar refractivity (Wildman–Crippen MR) is 64.5 cm³/mol. The summed E-state index contributed by atoms with van der Waals surface area (Å²) in [5, 5.41) is 10.8. The van der Waals surface area contributed by atoms with Crippen LogP contribution < -0.4 is 0 Å². The lowest BCUT2D eigenvalue weighted by molar-refractivity contribution is -0.385. The van der Waals surface area contributed by atoms with E-state index in [9.17, 15) is 14.9 Å². The number of rotatable bonds is 3. The fraction of sp³-hybridized carbons (Fsp3) is 0.222. The van der Waals surface area contributed by atoms with Gasteiger partial charge in [-0.1, -0.05) is 0 Å². The third-order valence-corrected chi connectivity index (χ3v) is 3.57. The number of nitro groups is 1. The zero-order chi connectivity index (χ0) is 12.3. The van der Waals surface area contributed by atoms with Gasteiger partial charge in [0.1, 0.15) is 5.56 Å². The Labute approximate surface area is 108 Å². The maximum absolute atomic E-state index is 11.5. The Morgan fingerprint density at radius 2 is 2.00 bits per heavy atom. The zero-order valence-corrected chi connectivity index (χ0v) is 11.4. The molecule has 0 amide bonds. The van der Waals surface area contributed by atoms with Gasteiger partial charge in [-0.2, -0.15) is 0 Å². The molecule has 7 heteroatoms. The molecule has 0 N–H and O–H groups in total. The molecule has 0 heterocycles. The minimum absolute atomic E-state index is 0.0677. The molecule has 0 aliphatic heterocycles. The van der Waals surface area contributed by atoms with Gasteiger partial charge in [-0.25, -0.2) is 4.79 Å². The Morgan fingerprint density at radius 3 is 2.50 bits per heavy atom. The predicted octanol–water partition coefficient (Wildman–Crippen LogP) is 3.30. The van der Waals surface area contributed by atoms with E-state index in [4.69, 9.17) is 4.74 Å². The summed E-state index contributed by atoms with van der Waals surface area (Å²) in [5.74, 6) is -0.706. The fourth-order valence-corrected chi connectivity index (χ4v) is 1.73. The average Bonchev–Trinajstić information content (AvgIpc) is 2.21. The summed E-state index contributed by atoms with van der Waals surface area (Å²) >= 11 is 6.30. The Bertz CT molecular complexity index is 447. The highest BCUT2D eigenvalue weighted by Crippen LogP contribution is 2.31. The van der Waals surface area contributed by atoms with E-state index in [1.807, 2.05) is 0 Å². The first-order valence-electron chi connectivity index (χ1n) is 4.28. The first-order chi connectivity index (χ1) is 7.47. The van der Waals surface area contributed by atoms with Gasteiger partial charge in [0.05, 0.1) is 11.5 Å². The number of hydrogen-bond donors (Lipinski definition) is 0. The highest BCUT2D eigenvalue weighted by molar-refractivity contribution is 9.13. The lowest BCUT2D eigenvalue weighted by atomic mass is 10.2. The van der Waals surface area contributed by atoms with Crippen molar-refractivity contribution in [1.29, 1.82) is 0 Å². The van der Waals surface area contributed by atoms with Crippen LogP contribution in [0.5, 0.6) is 0 Å². The second kappa shape index (κ2) is 5.40. The van der Waals surface area contributed by atoms with Crippen molar-refractivity contribution >= 4 is 43.5 Å². The Morgan fingerprint density at radius 1 is 1.44 bits per heavy atom. The number of nitro benzene ring substituents is 1. The molecule has 5 nitrogen and oxygen atoms in total. The molecule has 0 aliphatic carbocycles. The minimum Gasteiger partial charge on any atom is -0.462 e. The van der Waals surface area contributed by atoms with Crippen LogP contribution in [-0.4, -0.2) is 17.5 Å². The monoisotopic (exact) mass is 351 g/mol. The first-order valence-corrected chi connectivity index (χ1v) is 5.86. The molecule has 0 radical (unpaired) electrons. The molecule has 0 fully saturated rings. The highest BCUT2D eigenvalue weighted by atomic mass is 79.9. The minimum atomic E-state index is -0.706. The largest absolute Gasteiger partial charge is 0.462 e. The molecule has 0 aliphatic rings. The van der Waals surface area contributed by atoms with Crippen LogP contribution in [0.1, 0.15) is 17.3 Å². The molecule has 1 aromatic carbocycles. The molecular formula is C9H7Br2NO4. The standard InChI is InChI=1S/C9H7Br2NO4/c1-2-16-9(13)5-3-6(10)7(11)4-8(5)12(14)15/h3-4H,2H2,1H3. The topological polar surface area (TPSA) is 69.4 Å². The van der Waals surface area contributed by atoms with Crippen molar-refractivity contribution in [2.45, 2.75) is 6.92 Å². The van der Waals surface area contributed by atoms with E-state index in [1.165, 1.54) is 12.1 Å². The van der Waals surface area contributed by atoms with Crippen LogP contribution in [0, 0.1) is 10.1 Å². The maximum atomic E-state index is 11.5. The molecule has 0 aromatic heterocycles. The van der Waals surface area contributed by atoms with Crippen molar-refractivity contribution in [1.82, 2.24) is 0 Å². The van der Waals surface area contributed by atoms with Gasteiger partial charge in [0.25, 0.3) is 5.69 Å². The molecule has 0 saturated heterocycles. The molecule has 0 saturated carbocycles. The van der Waals surface area contributed by atoms with Crippen LogP contribution in [-0.2, 0) is 4.74 Å². The molecule has 1 rings (SSSR count). The number of nitrogens with zero attached hydrogens (tertiary/aromatic N) is 1. The molecule has 0 spiro atoms. The summed E-state index contributed by atoms with van der Waals surface area (Å²) in [6.45, 7) is 1.81. The molecule has 0 atom stereocenters. The van der Waals surface area contributed by atoms with E-state index < -0.39 is 10.9 Å². The van der Waals surface area contributed by atoms with Crippen LogP contribution >= 0.6 is 31.9 Å². The zero-order valence-electron chi connectivity index (χ0n) is 8.20. The van der Waals surface area contributed by atoms with Crippen LogP contribution in [0.2, 0.25) is 0 Å². The summed E-state index contributed by atoms with van der Waals surface area (Å²) in [4.78, 5) is 21.6. The van der Waals surface area contributed by atoms with Crippen molar-refractivity contribution in [3.8, 4) is 0 Å². The van der Waals surface area contributed by atoms with Gasteiger partial charge in [-0.15, -0.1) is 0 Å². The summed E-state index contributed by atoms with van der Waals surface area (Å²) in [5.41, 5.74) is -0.351. The maximum Gasteiger partial charge on any atom is 0.345 e. The molecule has 86 valence electrons. The molecular weight excluding hydrogens is 346 g/mol. The van der Waals surface area contributed by atoms with E-state index in [-0.39, 0.29) is 17.9 Å². The molecule has 0 bridgehead atoms. The van der Waals surface area contributed by atoms with Gasteiger partial charge in [-0.3, -0.25) is 10.1 Å². The smallest absolute Gasteiger partial charge is 0.345 e. The van der Waals surface area contributed by atoms with Gasteiger partial charge >= 0.3 is 5.97 Å². The highest BCUT2D eigenvalue weighted by Gasteiger charge is 2.23. The van der Waals surface area contributed by atoms with E-state index in [1.54, 1.807) is 6.92 Å².